The van der Waals surface area contributed by atoms with E-state index >= 15 is 0 Å². The molecule has 1 heterocycles. The number of amides is 1. The normalized spacial score (nSPS) is 20.6. The Morgan fingerprint density at radius 2 is 1.86 bits per heavy atom. The molecular formula is C24H30N2O2S. The highest BCUT2D eigenvalue weighted by molar-refractivity contribution is 8.00. The third kappa shape index (κ3) is 5.14. The summed E-state index contributed by atoms with van der Waals surface area (Å²) < 4.78 is 5.91. The first-order valence-electron chi connectivity index (χ1n) is 10.7. The number of nitrogens with one attached hydrogen (secondary N) is 2. The lowest BCUT2D eigenvalue weighted by molar-refractivity contribution is -0.115. The average Bonchev–Trinajstić information content (AvgIpc) is 2.74. The van der Waals surface area contributed by atoms with Crippen LogP contribution in [0.25, 0.3) is 0 Å². The molecule has 0 spiro atoms. The van der Waals surface area contributed by atoms with Gasteiger partial charge in [0.25, 0.3) is 0 Å². The highest BCUT2D eigenvalue weighted by atomic mass is 32.2. The van der Waals surface area contributed by atoms with Gasteiger partial charge >= 0.3 is 0 Å². The molecule has 1 atom stereocenters. The number of anilines is 1. The second kappa shape index (κ2) is 9.23. The Balaban J connectivity index is 1.25. The molecule has 1 aliphatic heterocycles. The number of benzene rings is 2. The van der Waals surface area contributed by atoms with E-state index in [9.17, 15) is 4.79 Å². The summed E-state index contributed by atoms with van der Waals surface area (Å²) in [5.41, 5.74) is 2.21. The summed E-state index contributed by atoms with van der Waals surface area (Å²) in [5, 5.41) is 6.50. The van der Waals surface area contributed by atoms with Gasteiger partial charge in [0.2, 0.25) is 5.91 Å². The zero-order valence-electron chi connectivity index (χ0n) is 17.1. The first-order chi connectivity index (χ1) is 14.1. The Labute approximate surface area is 177 Å². The molecule has 1 amide bonds. The predicted molar refractivity (Wildman–Crippen MR) is 120 cm³/mol. The van der Waals surface area contributed by atoms with Crippen LogP contribution < -0.4 is 15.4 Å². The maximum atomic E-state index is 12.5. The van der Waals surface area contributed by atoms with Crippen molar-refractivity contribution in [2.24, 2.45) is 0 Å². The molecule has 29 heavy (non-hydrogen) atoms. The standard InChI is InChI=1S/C24H30N2O2S/c1-24(14-5-2-6-15-24)25-16-7-17-28-19-12-10-18(11-13-19)22-23(27)26-20-8-3-4-9-21(20)29-22/h3-4,8-13,22,25H,2,5-7,14-17H2,1H3,(H,26,27). The number of hydrogen-bond acceptors (Lipinski definition) is 4. The monoisotopic (exact) mass is 410 g/mol. The minimum atomic E-state index is -0.223. The molecule has 1 unspecified atom stereocenters. The van der Waals surface area contributed by atoms with Crippen LogP contribution in [-0.2, 0) is 4.79 Å². The van der Waals surface area contributed by atoms with E-state index in [1.54, 1.807) is 11.8 Å². The minimum Gasteiger partial charge on any atom is -0.494 e. The zero-order valence-corrected chi connectivity index (χ0v) is 17.9. The van der Waals surface area contributed by atoms with E-state index in [0.29, 0.717) is 12.1 Å². The van der Waals surface area contributed by atoms with Crippen molar-refractivity contribution in [3.8, 4) is 5.75 Å². The molecule has 2 aromatic carbocycles. The number of para-hydroxylation sites is 1. The Bertz CT molecular complexity index is 831. The number of carbonyl (C=O) groups is 1. The predicted octanol–water partition coefficient (Wildman–Crippen LogP) is 5.55. The van der Waals surface area contributed by atoms with Crippen molar-refractivity contribution in [2.45, 2.75) is 61.1 Å². The van der Waals surface area contributed by atoms with Crippen LogP contribution in [0.5, 0.6) is 5.75 Å². The Kier molecular flexibility index (Phi) is 6.46. The minimum absolute atomic E-state index is 0.0321. The van der Waals surface area contributed by atoms with Crippen LogP contribution in [0.1, 0.15) is 56.3 Å². The summed E-state index contributed by atoms with van der Waals surface area (Å²) in [6, 6.07) is 15.9. The highest BCUT2D eigenvalue weighted by Gasteiger charge is 2.28. The van der Waals surface area contributed by atoms with Crippen LogP contribution in [0.4, 0.5) is 5.69 Å². The van der Waals surface area contributed by atoms with Gasteiger partial charge in [0.1, 0.15) is 11.0 Å². The van der Waals surface area contributed by atoms with Crippen molar-refractivity contribution >= 4 is 23.4 Å². The van der Waals surface area contributed by atoms with Gasteiger partial charge in [-0.05, 0) is 62.6 Å². The number of rotatable bonds is 7. The van der Waals surface area contributed by atoms with Crippen LogP contribution in [0, 0.1) is 0 Å². The zero-order chi connectivity index (χ0) is 20.1. The van der Waals surface area contributed by atoms with Crippen molar-refractivity contribution in [2.75, 3.05) is 18.5 Å². The summed E-state index contributed by atoms with van der Waals surface area (Å²) in [6.45, 7) is 4.05. The lowest BCUT2D eigenvalue weighted by Gasteiger charge is -2.34. The molecule has 0 saturated heterocycles. The number of thioether (sulfide) groups is 1. The number of hydrogen-bond donors (Lipinski definition) is 2. The molecule has 0 aromatic heterocycles. The van der Waals surface area contributed by atoms with E-state index in [1.165, 1.54) is 32.1 Å². The first-order valence-corrected chi connectivity index (χ1v) is 11.6. The fourth-order valence-electron chi connectivity index (χ4n) is 4.17. The summed E-state index contributed by atoms with van der Waals surface area (Å²) in [6.07, 6.45) is 7.63. The van der Waals surface area contributed by atoms with Crippen molar-refractivity contribution in [3.05, 3.63) is 54.1 Å². The molecular weight excluding hydrogens is 380 g/mol. The highest BCUT2D eigenvalue weighted by Crippen LogP contribution is 2.43. The first kappa shape index (κ1) is 20.3. The van der Waals surface area contributed by atoms with Crippen molar-refractivity contribution < 1.29 is 9.53 Å². The topological polar surface area (TPSA) is 50.4 Å². The van der Waals surface area contributed by atoms with E-state index < -0.39 is 0 Å². The fraction of sp³-hybridized carbons (Fsp3) is 0.458. The van der Waals surface area contributed by atoms with Gasteiger partial charge in [-0.25, -0.2) is 0 Å². The summed E-state index contributed by atoms with van der Waals surface area (Å²) >= 11 is 1.60. The van der Waals surface area contributed by atoms with Crippen LogP contribution >= 0.6 is 11.8 Å². The molecule has 2 aromatic rings. The molecule has 154 valence electrons. The number of fused-ring (bicyclic) bond motifs is 1. The second-order valence-electron chi connectivity index (χ2n) is 8.30. The van der Waals surface area contributed by atoms with Crippen LogP contribution in [0.2, 0.25) is 0 Å². The molecule has 4 rings (SSSR count). The van der Waals surface area contributed by atoms with Gasteiger partial charge in [0, 0.05) is 10.4 Å². The molecule has 1 fully saturated rings. The molecule has 2 N–H and O–H groups in total. The smallest absolute Gasteiger partial charge is 0.242 e. The Morgan fingerprint density at radius 1 is 1.10 bits per heavy atom. The lowest BCUT2D eigenvalue weighted by atomic mass is 9.83. The molecule has 5 heteroatoms. The Hall–Kier alpha value is -1.98. The van der Waals surface area contributed by atoms with E-state index in [0.717, 1.165) is 34.9 Å². The van der Waals surface area contributed by atoms with Gasteiger partial charge in [0.15, 0.2) is 0 Å². The van der Waals surface area contributed by atoms with Gasteiger partial charge in [0.05, 0.1) is 12.3 Å². The second-order valence-corrected chi connectivity index (χ2v) is 9.45. The molecule has 2 aliphatic rings. The van der Waals surface area contributed by atoms with Crippen molar-refractivity contribution in [1.29, 1.82) is 0 Å². The van der Waals surface area contributed by atoms with Crippen molar-refractivity contribution in [1.82, 2.24) is 5.32 Å². The maximum absolute atomic E-state index is 12.5. The summed E-state index contributed by atoms with van der Waals surface area (Å²) in [7, 11) is 0. The van der Waals surface area contributed by atoms with Gasteiger partial charge in [-0.2, -0.15) is 0 Å². The van der Waals surface area contributed by atoms with Crippen LogP contribution in [-0.4, -0.2) is 24.6 Å². The van der Waals surface area contributed by atoms with E-state index in [-0.39, 0.29) is 11.2 Å². The average molecular weight is 411 g/mol. The molecule has 1 aliphatic carbocycles. The van der Waals surface area contributed by atoms with Gasteiger partial charge in [-0.3, -0.25) is 4.79 Å². The lowest BCUT2D eigenvalue weighted by Crippen LogP contribution is -2.44. The molecule has 1 saturated carbocycles. The van der Waals surface area contributed by atoms with Gasteiger partial charge in [-0.15, -0.1) is 11.8 Å². The number of carbonyl (C=O) groups excluding carboxylic acids is 1. The van der Waals surface area contributed by atoms with E-state index in [2.05, 4.69) is 17.6 Å². The van der Waals surface area contributed by atoms with E-state index in [4.69, 9.17) is 4.74 Å². The molecule has 4 nitrogen and oxygen atoms in total. The van der Waals surface area contributed by atoms with Crippen molar-refractivity contribution in [3.63, 3.8) is 0 Å². The van der Waals surface area contributed by atoms with E-state index in [1.807, 2.05) is 48.5 Å². The van der Waals surface area contributed by atoms with Crippen LogP contribution in [0.15, 0.2) is 53.4 Å². The van der Waals surface area contributed by atoms with Gasteiger partial charge in [-0.1, -0.05) is 43.5 Å². The maximum Gasteiger partial charge on any atom is 0.242 e. The quantitative estimate of drug-likeness (QED) is 0.587. The third-order valence-corrected chi connectivity index (χ3v) is 7.24. The number of ether oxygens (including phenoxy) is 1. The summed E-state index contributed by atoms with van der Waals surface area (Å²) in [5.74, 6) is 0.892. The largest absolute Gasteiger partial charge is 0.494 e. The third-order valence-electron chi connectivity index (χ3n) is 5.91. The van der Waals surface area contributed by atoms with Gasteiger partial charge < -0.3 is 15.4 Å². The molecule has 0 bridgehead atoms. The van der Waals surface area contributed by atoms with Crippen LogP contribution in [0.3, 0.4) is 0 Å². The Morgan fingerprint density at radius 3 is 2.66 bits per heavy atom. The fourth-order valence-corrected chi connectivity index (χ4v) is 5.29. The summed E-state index contributed by atoms with van der Waals surface area (Å²) in [4.78, 5) is 13.6. The SMILES string of the molecule is CC1(NCCCOc2ccc(C3Sc4ccccc4NC3=O)cc2)CCCCC1. The molecule has 0 radical (unpaired) electrons.